The highest BCUT2D eigenvalue weighted by Gasteiger charge is 2.37. The summed E-state index contributed by atoms with van der Waals surface area (Å²) in [5.74, 6) is -0.338. The minimum atomic E-state index is -0.805. The van der Waals surface area contributed by atoms with Crippen molar-refractivity contribution in [3.63, 3.8) is 0 Å². The first-order valence-corrected chi connectivity index (χ1v) is 13.3. The molecule has 0 aliphatic carbocycles. The first kappa shape index (κ1) is 31.5. The van der Waals surface area contributed by atoms with Gasteiger partial charge in [-0.25, -0.2) is 4.79 Å². The normalized spacial score (nSPS) is 13.3. The van der Waals surface area contributed by atoms with Crippen molar-refractivity contribution in [1.29, 1.82) is 0 Å². The van der Waals surface area contributed by atoms with Crippen LogP contribution in [-0.2, 0) is 14.3 Å². The molecule has 3 amide bonds. The SMILES string of the molecule is CCCCCN(C(=O)C(CC(C)C)NC(=O)OC(C)(C)C)C(C(=O)NC(C)C)c1cccc(C)c1C. The van der Waals surface area contributed by atoms with E-state index in [1.54, 1.807) is 25.7 Å². The molecule has 0 heterocycles. The van der Waals surface area contributed by atoms with Gasteiger partial charge in [-0.1, -0.05) is 51.8 Å². The molecule has 7 nitrogen and oxygen atoms in total. The standard InChI is InChI=1S/C29H49N3O4/c1-11-12-13-17-32(27(34)24(18-19(2)3)31-28(35)36-29(8,9)10)25(26(33)30-20(4)5)23-16-14-15-21(6)22(23)7/h14-16,19-20,24-25H,11-13,17-18H2,1-10H3,(H,30,33)(H,31,35). The maximum Gasteiger partial charge on any atom is 0.408 e. The van der Waals surface area contributed by atoms with E-state index in [1.165, 1.54) is 0 Å². The van der Waals surface area contributed by atoms with Crippen molar-refractivity contribution >= 4 is 17.9 Å². The van der Waals surface area contributed by atoms with Crippen LogP contribution in [0.3, 0.4) is 0 Å². The Bertz CT molecular complexity index is 874. The molecule has 0 spiro atoms. The molecule has 0 radical (unpaired) electrons. The van der Waals surface area contributed by atoms with E-state index in [-0.39, 0.29) is 23.8 Å². The minimum absolute atomic E-state index is 0.0796. The third-order valence-electron chi connectivity index (χ3n) is 5.91. The number of carbonyl (C=O) groups excluding carboxylic acids is 3. The highest BCUT2D eigenvalue weighted by molar-refractivity contribution is 5.92. The van der Waals surface area contributed by atoms with Gasteiger partial charge in [-0.2, -0.15) is 0 Å². The largest absolute Gasteiger partial charge is 0.444 e. The fraction of sp³-hybridized carbons (Fsp3) is 0.690. The second-order valence-electron chi connectivity index (χ2n) is 11.4. The third-order valence-corrected chi connectivity index (χ3v) is 5.91. The molecule has 1 aromatic carbocycles. The van der Waals surface area contributed by atoms with Crippen molar-refractivity contribution in [1.82, 2.24) is 15.5 Å². The van der Waals surface area contributed by atoms with E-state index in [9.17, 15) is 14.4 Å². The number of amides is 3. The van der Waals surface area contributed by atoms with E-state index in [1.807, 2.05) is 59.7 Å². The Morgan fingerprint density at radius 1 is 1.00 bits per heavy atom. The number of ether oxygens (including phenoxy) is 1. The van der Waals surface area contributed by atoms with E-state index in [4.69, 9.17) is 4.74 Å². The summed E-state index contributed by atoms with van der Waals surface area (Å²) in [7, 11) is 0. The molecule has 1 rings (SSSR count). The molecular weight excluding hydrogens is 454 g/mol. The van der Waals surface area contributed by atoms with Crippen LogP contribution in [0.25, 0.3) is 0 Å². The number of nitrogens with one attached hydrogen (secondary N) is 2. The van der Waals surface area contributed by atoms with Gasteiger partial charge in [0.25, 0.3) is 0 Å². The van der Waals surface area contributed by atoms with E-state index < -0.39 is 23.8 Å². The third kappa shape index (κ3) is 10.2. The molecule has 2 atom stereocenters. The van der Waals surface area contributed by atoms with Crippen molar-refractivity contribution in [2.24, 2.45) is 5.92 Å². The summed E-state index contributed by atoms with van der Waals surface area (Å²) in [6.45, 7) is 19.7. The number of carbonyl (C=O) groups is 3. The highest BCUT2D eigenvalue weighted by atomic mass is 16.6. The molecule has 0 fully saturated rings. The number of hydrogen-bond donors (Lipinski definition) is 2. The molecule has 2 unspecified atom stereocenters. The smallest absolute Gasteiger partial charge is 0.408 e. The molecule has 204 valence electrons. The van der Waals surface area contributed by atoms with Gasteiger partial charge in [0.05, 0.1) is 0 Å². The Hall–Kier alpha value is -2.57. The van der Waals surface area contributed by atoms with Crippen LogP contribution in [0.2, 0.25) is 0 Å². The van der Waals surface area contributed by atoms with E-state index in [0.29, 0.717) is 13.0 Å². The van der Waals surface area contributed by atoms with Crippen molar-refractivity contribution in [2.45, 2.75) is 119 Å². The van der Waals surface area contributed by atoms with Crippen LogP contribution < -0.4 is 10.6 Å². The Kier molecular flexibility index (Phi) is 12.4. The van der Waals surface area contributed by atoms with Crippen LogP contribution in [0.5, 0.6) is 0 Å². The fourth-order valence-electron chi connectivity index (χ4n) is 4.13. The number of hydrogen-bond acceptors (Lipinski definition) is 4. The molecule has 0 aliphatic rings. The second kappa shape index (κ2) is 14.2. The van der Waals surface area contributed by atoms with Gasteiger partial charge >= 0.3 is 6.09 Å². The maximum absolute atomic E-state index is 14.2. The molecule has 36 heavy (non-hydrogen) atoms. The number of unbranched alkanes of at least 4 members (excludes halogenated alkanes) is 2. The molecule has 1 aromatic rings. The Morgan fingerprint density at radius 3 is 2.17 bits per heavy atom. The Labute approximate surface area is 218 Å². The molecular formula is C29H49N3O4. The Balaban J connectivity index is 3.55. The molecule has 0 aromatic heterocycles. The summed E-state index contributed by atoms with van der Waals surface area (Å²) in [5.41, 5.74) is 2.16. The zero-order valence-electron chi connectivity index (χ0n) is 24.2. The fourth-order valence-corrected chi connectivity index (χ4v) is 4.13. The maximum atomic E-state index is 14.2. The van der Waals surface area contributed by atoms with Crippen LogP contribution in [0.4, 0.5) is 4.79 Å². The van der Waals surface area contributed by atoms with Crippen molar-refractivity contribution in [2.75, 3.05) is 6.54 Å². The van der Waals surface area contributed by atoms with Crippen LogP contribution in [-0.4, -0.2) is 47.0 Å². The van der Waals surface area contributed by atoms with E-state index in [0.717, 1.165) is 36.0 Å². The highest BCUT2D eigenvalue weighted by Crippen LogP contribution is 2.28. The zero-order chi connectivity index (χ0) is 27.6. The molecule has 0 saturated heterocycles. The van der Waals surface area contributed by atoms with Gasteiger partial charge in [0.15, 0.2) is 0 Å². The summed E-state index contributed by atoms with van der Waals surface area (Å²) >= 11 is 0. The number of benzene rings is 1. The van der Waals surface area contributed by atoms with Gasteiger partial charge < -0.3 is 20.3 Å². The van der Waals surface area contributed by atoms with Crippen molar-refractivity contribution < 1.29 is 19.1 Å². The van der Waals surface area contributed by atoms with Gasteiger partial charge in [0.1, 0.15) is 17.7 Å². The topological polar surface area (TPSA) is 87.7 Å². The number of rotatable bonds is 12. The lowest BCUT2D eigenvalue weighted by molar-refractivity contribution is -0.143. The first-order valence-electron chi connectivity index (χ1n) is 13.3. The minimum Gasteiger partial charge on any atom is -0.444 e. The summed E-state index contributed by atoms with van der Waals surface area (Å²) in [4.78, 5) is 42.1. The van der Waals surface area contributed by atoms with Gasteiger partial charge in [-0.05, 0) is 83.9 Å². The molecule has 0 saturated carbocycles. The average molecular weight is 504 g/mol. The molecule has 0 bridgehead atoms. The first-order chi connectivity index (χ1) is 16.7. The Morgan fingerprint density at radius 2 is 1.64 bits per heavy atom. The summed E-state index contributed by atoms with van der Waals surface area (Å²) < 4.78 is 5.46. The van der Waals surface area contributed by atoms with Gasteiger partial charge in [-0.15, -0.1) is 0 Å². The number of nitrogens with zero attached hydrogens (tertiary/aromatic N) is 1. The van der Waals surface area contributed by atoms with Gasteiger partial charge in [0.2, 0.25) is 11.8 Å². The second-order valence-corrected chi connectivity index (χ2v) is 11.4. The summed E-state index contributed by atoms with van der Waals surface area (Å²) in [6.07, 6.45) is 2.49. The summed E-state index contributed by atoms with van der Waals surface area (Å²) in [5, 5.41) is 5.82. The van der Waals surface area contributed by atoms with Crippen LogP contribution in [0, 0.1) is 19.8 Å². The van der Waals surface area contributed by atoms with Crippen LogP contribution in [0.15, 0.2) is 18.2 Å². The van der Waals surface area contributed by atoms with Crippen LogP contribution >= 0.6 is 0 Å². The lowest BCUT2D eigenvalue weighted by Gasteiger charge is -2.36. The molecule has 0 aliphatic heterocycles. The lowest BCUT2D eigenvalue weighted by atomic mass is 9.94. The van der Waals surface area contributed by atoms with Crippen LogP contribution in [0.1, 0.15) is 104 Å². The number of alkyl carbamates (subject to hydrolysis) is 1. The molecule has 2 N–H and O–H groups in total. The number of aryl methyl sites for hydroxylation is 1. The molecule has 7 heteroatoms. The van der Waals surface area contributed by atoms with Gasteiger partial charge in [0, 0.05) is 12.6 Å². The van der Waals surface area contributed by atoms with E-state index >= 15 is 0 Å². The van der Waals surface area contributed by atoms with Crippen molar-refractivity contribution in [3.8, 4) is 0 Å². The average Bonchev–Trinajstić information content (AvgIpc) is 2.72. The monoisotopic (exact) mass is 503 g/mol. The van der Waals surface area contributed by atoms with Gasteiger partial charge in [-0.3, -0.25) is 9.59 Å². The van der Waals surface area contributed by atoms with Crippen molar-refractivity contribution in [3.05, 3.63) is 34.9 Å². The summed E-state index contributed by atoms with van der Waals surface area (Å²) in [6, 6.07) is 4.17. The van der Waals surface area contributed by atoms with E-state index in [2.05, 4.69) is 17.6 Å². The quantitative estimate of drug-likeness (QED) is 0.352. The predicted octanol–water partition coefficient (Wildman–Crippen LogP) is 5.83. The lowest BCUT2D eigenvalue weighted by Crippen LogP contribution is -2.54. The zero-order valence-corrected chi connectivity index (χ0v) is 24.2. The predicted molar refractivity (Wildman–Crippen MR) is 146 cm³/mol.